The Morgan fingerprint density at radius 2 is 2.00 bits per heavy atom. The van der Waals surface area contributed by atoms with Gasteiger partial charge in [0.25, 0.3) is 5.78 Å². The molecule has 1 amide bonds. The van der Waals surface area contributed by atoms with Crippen molar-refractivity contribution in [2.75, 3.05) is 25.2 Å². The molecule has 2 aliphatic rings. The van der Waals surface area contributed by atoms with Crippen molar-refractivity contribution in [3.8, 4) is 17.2 Å². The van der Waals surface area contributed by atoms with Crippen molar-refractivity contribution >= 4 is 39.9 Å². The molecule has 0 aliphatic carbocycles. The molecule has 10 nitrogen and oxygen atoms in total. The zero-order valence-corrected chi connectivity index (χ0v) is 26.7. The van der Waals surface area contributed by atoms with Gasteiger partial charge in [-0.25, -0.2) is 9.78 Å². The number of fused-ring (bicyclic) bond motifs is 1. The van der Waals surface area contributed by atoms with Crippen LogP contribution in [0.5, 0.6) is 17.2 Å². The second-order valence-corrected chi connectivity index (χ2v) is 12.3. The standard InChI is InChI=1S/C34H36N2O8S/c1-7-13-43-33(40)31-20(5)35-34(45-31)36-28(21-8-11-25(26(17-21)41-6)42-14-12-18(2)3)27(30(38)32(36)39)29(37)22-9-10-24-23(16-22)15-19(4)44-24/h7-11,16-19,28,37H,1,12-15H2,2-6H3/b29-27+. The third-order valence-corrected chi connectivity index (χ3v) is 8.72. The number of amides is 1. The number of Topliss-reactive ketones (excluding diaryl/α,β-unsaturated/α-hetero) is 1. The lowest BCUT2D eigenvalue weighted by Gasteiger charge is -2.24. The van der Waals surface area contributed by atoms with E-state index in [4.69, 9.17) is 18.9 Å². The first-order valence-corrected chi connectivity index (χ1v) is 15.5. The SMILES string of the molecule is C=CCOC(=O)c1sc(N2C(=O)C(=O)/C(=C(/O)c3ccc4c(c3)CC(C)O4)C2c2ccc(OCCC(C)C)c(OC)c2)nc1C. The summed E-state index contributed by atoms with van der Waals surface area (Å²) in [6.07, 6.45) is 2.92. The first kappa shape index (κ1) is 31.8. The van der Waals surface area contributed by atoms with Crippen LogP contribution >= 0.6 is 11.3 Å². The molecule has 2 atom stereocenters. The van der Waals surface area contributed by atoms with Gasteiger partial charge in [-0.15, -0.1) is 0 Å². The number of benzene rings is 2. The van der Waals surface area contributed by atoms with E-state index in [2.05, 4.69) is 25.4 Å². The third kappa shape index (κ3) is 6.30. The maximum Gasteiger partial charge on any atom is 0.350 e. The minimum Gasteiger partial charge on any atom is -0.507 e. The maximum absolute atomic E-state index is 13.8. The van der Waals surface area contributed by atoms with Crippen LogP contribution in [-0.4, -0.2) is 54.2 Å². The van der Waals surface area contributed by atoms with E-state index in [0.29, 0.717) is 53.0 Å². The van der Waals surface area contributed by atoms with Gasteiger partial charge in [0.05, 0.1) is 31.0 Å². The summed E-state index contributed by atoms with van der Waals surface area (Å²) >= 11 is 0.929. The monoisotopic (exact) mass is 632 g/mol. The lowest BCUT2D eigenvalue weighted by molar-refractivity contribution is -0.132. The first-order chi connectivity index (χ1) is 21.5. The fraction of sp³-hybridized carbons (Fsp3) is 0.353. The average Bonchev–Trinajstić information content (AvgIpc) is 3.66. The molecule has 3 aromatic rings. The van der Waals surface area contributed by atoms with E-state index in [1.807, 2.05) is 6.92 Å². The average molecular weight is 633 g/mol. The summed E-state index contributed by atoms with van der Waals surface area (Å²) in [6, 6.07) is 9.21. The number of rotatable bonds is 11. The summed E-state index contributed by atoms with van der Waals surface area (Å²) < 4.78 is 22.6. The molecule has 2 aromatic carbocycles. The Kier molecular flexibility index (Phi) is 9.29. The molecule has 0 bridgehead atoms. The topological polar surface area (TPSA) is 124 Å². The largest absolute Gasteiger partial charge is 0.507 e. The molecule has 1 saturated heterocycles. The minimum absolute atomic E-state index is 0.00595. The molecule has 2 aliphatic heterocycles. The molecule has 1 aromatic heterocycles. The van der Waals surface area contributed by atoms with Gasteiger partial charge in [0.15, 0.2) is 16.6 Å². The molecule has 3 heterocycles. The smallest absolute Gasteiger partial charge is 0.350 e. The second kappa shape index (κ2) is 13.2. The molecule has 11 heteroatoms. The van der Waals surface area contributed by atoms with Crippen molar-refractivity contribution in [2.45, 2.75) is 52.7 Å². The molecule has 2 unspecified atom stereocenters. The third-order valence-electron chi connectivity index (χ3n) is 7.58. The number of aliphatic hydroxyl groups is 1. The Hall–Kier alpha value is -4.64. The Morgan fingerprint density at radius 3 is 2.71 bits per heavy atom. The number of hydrogen-bond donors (Lipinski definition) is 1. The molecule has 1 fully saturated rings. The van der Waals surface area contributed by atoms with E-state index in [1.165, 1.54) is 18.1 Å². The zero-order valence-electron chi connectivity index (χ0n) is 25.9. The van der Waals surface area contributed by atoms with Gasteiger partial charge in [-0.05, 0) is 67.6 Å². The van der Waals surface area contributed by atoms with Gasteiger partial charge in [-0.1, -0.05) is 43.9 Å². The molecule has 1 N–H and O–H groups in total. The van der Waals surface area contributed by atoms with Crippen LogP contribution in [0.2, 0.25) is 0 Å². The number of methoxy groups -OCH3 is 1. The lowest BCUT2D eigenvalue weighted by atomic mass is 9.94. The molecule has 5 rings (SSSR count). The van der Waals surface area contributed by atoms with Gasteiger partial charge in [0.1, 0.15) is 29.1 Å². The van der Waals surface area contributed by atoms with Crippen LogP contribution in [0, 0.1) is 12.8 Å². The Bertz CT molecular complexity index is 1690. The Labute approximate surface area is 265 Å². The number of hydrogen-bond acceptors (Lipinski definition) is 10. The molecular weight excluding hydrogens is 596 g/mol. The number of aliphatic hydroxyl groups excluding tert-OH is 1. The van der Waals surface area contributed by atoms with Crippen molar-refractivity contribution in [1.82, 2.24) is 4.98 Å². The zero-order chi connectivity index (χ0) is 32.4. The molecule has 0 saturated carbocycles. The predicted molar refractivity (Wildman–Crippen MR) is 170 cm³/mol. The minimum atomic E-state index is -1.09. The summed E-state index contributed by atoms with van der Waals surface area (Å²) in [4.78, 5) is 46.1. The highest BCUT2D eigenvalue weighted by molar-refractivity contribution is 7.17. The highest BCUT2D eigenvalue weighted by Crippen LogP contribution is 2.46. The van der Waals surface area contributed by atoms with Gasteiger partial charge < -0.3 is 24.1 Å². The number of carbonyl (C=O) groups excluding carboxylic acids is 3. The van der Waals surface area contributed by atoms with Crippen LogP contribution in [0.4, 0.5) is 5.13 Å². The Morgan fingerprint density at radius 1 is 1.22 bits per heavy atom. The van der Waals surface area contributed by atoms with Crippen LogP contribution in [0.15, 0.2) is 54.6 Å². The molecule has 0 spiro atoms. The van der Waals surface area contributed by atoms with E-state index in [0.717, 1.165) is 23.3 Å². The predicted octanol–water partition coefficient (Wildman–Crippen LogP) is 6.18. The summed E-state index contributed by atoms with van der Waals surface area (Å²) in [7, 11) is 1.50. The number of thiazole rings is 1. The van der Waals surface area contributed by atoms with Crippen molar-refractivity contribution in [1.29, 1.82) is 0 Å². The molecule has 45 heavy (non-hydrogen) atoms. The number of aromatic nitrogens is 1. The number of ketones is 1. The highest BCUT2D eigenvalue weighted by Gasteiger charge is 2.49. The van der Waals surface area contributed by atoms with E-state index in [1.54, 1.807) is 43.3 Å². The van der Waals surface area contributed by atoms with E-state index in [-0.39, 0.29) is 34.1 Å². The van der Waals surface area contributed by atoms with Gasteiger partial charge in [-0.2, -0.15) is 0 Å². The summed E-state index contributed by atoms with van der Waals surface area (Å²) in [5, 5.41) is 11.8. The van der Waals surface area contributed by atoms with Crippen LogP contribution in [0.1, 0.15) is 65.3 Å². The van der Waals surface area contributed by atoms with Crippen molar-refractivity contribution in [3.63, 3.8) is 0 Å². The summed E-state index contributed by atoms with van der Waals surface area (Å²) in [6.45, 7) is 11.8. The van der Waals surface area contributed by atoms with Gasteiger partial charge in [-0.3, -0.25) is 14.5 Å². The summed E-state index contributed by atoms with van der Waals surface area (Å²) in [5.74, 6) is -0.675. The van der Waals surface area contributed by atoms with Crippen molar-refractivity contribution in [2.24, 2.45) is 5.92 Å². The van der Waals surface area contributed by atoms with E-state index >= 15 is 0 Å². The summed E-state index contributed by atoms with van der Waals surface area (Å²) in [5.41, 5.74) is 1.96. The van der Waals surface area contributed by atoms with Crippen LogP contribution in [0.3, 0.4) is 0 Å². The number of carbonyl (C=O) groups is 3. The van der Waals surface area contributed by atoms with E-state index < -0.39 is 23.7 Å². The van der Waals surface area contributed by atoms with Crippen molar-refractivity contribution < 1.29 is 38.4 Å². The van der Waals surface area contributed by atoms with Gasteiger partial charge >= 0.3 is 11.9 Å². The molecule has 0 radical (unpaired) electrons. The number of esters is 1. The maximum atomic E-state index is 13.8. The Balaban J connectivity index is 1.63. The van der Waals surface area contributed by atoms with E-state index in [9.17, 15) is 19.5 Å². The number of ether oxygens (including phenoxy) is 4. The number of nitrogens with zero attached hydrogens (tertiary/aromatic N) is 2. The highest BCUT2D eigenvalue weighted by atomic mass is 32.1. The normalized spacial score (nSPS) is 18.6. The van der Waals surface area contributed by atoms with Gasteiger partial charge in [0.2, 0.25) is 0 Å². The van der Waals surface area contributed by atoms with Gasteiger partial charge in [0, 0.05) is 12.0 Å². The van der Waals surface area contributed by atoms with Crippen LogP contribution in [0.25, 0.3) is 5.76 Å². The fourth-order valence-corrected chi connectivity index (χ4v) is 6.31. The molecule has 236 valence electrons. The lowest BCUT2D eigenvalue weighted by Crippen LogP contribution is -2.29. The number of aryl methyl sites for hydroxylation is 1. The first-order valence-electron chi connectivity index (χ1n) is 14.7. The fourth-order valence-electron chi connectivity index (χ4n) is 5.32. The van der Waals surface area contributed by atoms with Crippen LogP contribution in [-0.2, 0) is 20.7 Å². The quantitative estimate of drug-likeness (QED) is 0.0868. The molecular formula is C34H36N2O8S. The van der Waals surface area contributed by atoms with Crippen molar-refractivity contribution in [3.05, 3.63) is 81.9 Å². The number of anilines is 1. The van der Waals surface area contributed by atoms with Crippen LogP contribution < -0.4 is 19.1 Å². The second-order valence-electron chi connectivity index (χ2n) is 11.4.